The highest BCUT2D eigenvalue weighted by Crippen LogP contribution is 2.60. The number of aliphatic hydroxyl groups is 10. The first-order valence-electron chi connectivity index (χ1n) is 37.3. The van der Waals surface area contributed by atoms with Crippen molar-refractivity contribution in [3.05, 3.63) is 234 Å². The number of fused-ring (bicyclic) bond motifs is 5. The van der Waals surface area contributed by atoms with Gasteiger partial charge in [-0.25, -0.2) is 4.79 Å². The van der Waals surface area contributed by atoms with Gasteiger partial charge in [0.05, 0.1) is 44.2 Å². The predicted molar refractivity (Wildman–Crippen MR) is 475 cm³/mol. The lowest BCUT2D eigenvalue weighted by Gasteiger charge is -2.35. The van der Waals surface area contributed by atoms with Gasteiger partial charge in [-0.3, -0.25) is 0 Å². The van der Waals surface area contributed by atoms with Crippen molar-refractivity contribution in [2.24, 2.45) is 40.9 Å². The molecular formula is C97H164O15. The van der Waals surface area contributed by atoms with E-state index in [2.05, 4.69) is 25.5 Å². The highest BCUT2D eigenvalue weighted by Gasteiger charge is 2.53. The molecule has 6 aliphatic rings. The zero-order valence-electron chi connectivity index (χ0n) is 61.3. The minimum Gasteiger partial charge on any atom is -0.507 e. The molecule has 6 unspecified atom stereocenters. The van der Waals surface area contributed by atoms with Gasteiger partial charge < -0.3 is 70.4 Å². The Balaban J connectivity index is -0.000000218. The smallest absolute Gasteiger partial charge is 0.341 e. The van der Waals surface area contributed by atoms with Crippen molar-refractivity contribution in [1.29, 1.82) is 0 Å². The highest BCUT2D eigenvalue weighted by atomic mass is 16.5. The quantitative estimate of drug-likeness (QED) is 0.0426. The summed E-state index contributed by atoms with van der Waals surface area (Å²) in [4.78, 5) is 11.1. The van der Waals surface area contributed by atoms with Crippen LogP contribution in [0.1, 0.15) is 263 Å². The van der Waals surface area contributed by atoms with E-state index in [-0.39, 0.29) is 137 Å². The molecule has 13 rings (SSSR count). The maximum atomic E-state index is 11.1. The molecule has 0 radical (unpaired) electrons. The first kappa shape index (κ1) is 118. The molecule has 6 fully saturated rings. The van der Waals surface area contributed by atoms with Gasteiger partial charge in [-0.1, -0.05) is 310 Å². The fourth-order valence-electron chi connectivity index (χ4n) is 13.6. The number of esters is 1. The first-order valence-corrected chi connectivity index (χ1v) is 37.3. The summed E-state index contributed by atoms with van der Waals surface area (Å²) >= 11 is 0. The Morgan fingerprint density at radius 1 is 0.420 bits per heavy atom. The van der Waals surface area contributed by atoms with E-state index in [9.17, 15) is 25.2 Å². The Morgan fingerprint density at radius 2 is 0.812 bits per heavy atom. The lowest BCUT2D eigenvalue weighted by molar-refractivity contribution is 0.0430. The number of carbonyl (C=O) groups excluding carboxylic acids is 1. The summed E-state index contributed by atoms with van der Waals surface area (Å²) in [6.45, 7) is 9.94. The van der Waals surface area contributed by atoms with Crippen molar-refractivity contribution in [3.63, 3.8) is 0 Å². The fraction of sp³-hybridized carbons (Fsp3) is 0.557. The Morgan fingerprint density at radius 3 is 1.19 bits per heavy atom. The standard InChI is InChI=1S/C13H12O.C11H18O.C10H20O.C9H10O4.C9H12O2.C8H10O2.C8H10O.C7H8O.2C6H12O.10CH4/c14-13(11-7-3-1-4-8-11)12-9-5-2-6-10-12;12-6-8-4-7-5-11(8)10-3-1-2-9(7)10;1-10(2,3)8-4-6-9(11)7-5-8;10-5-6-13-9(12)7-3-1-2-4-8(7)11;1-8(10)7-11-9-5-3-2-4-6-9;9-6-7-10-8-4-2-1-3-5-8;9-7-6-8-4-2-1-3-5-8;8-6-7-4-2-1-3-5-7;2*7-6-4-2-1-3-5-6;;;;;;;;;;/h1-10,13-14H;7-12H,1-6H2;8-9,11H,4-7H2,1-3H3;1-4,10-11H,5-6H2;2-6,8,10H,7H2,1H3;1-5,9H,6-7H2;1-5,9H,6-7H2;1-5,8H,6H2;2*6-7H,1-5H2;10*1H4. The Hall–Kier alpha value is -6.99. The van der Waals surface area contributed by atoms with Gasteiger partial charge in [0, 0.05) is 13.2 Å². The molecule has 0 spiro atoms. The number of aliphatic hydroxyl groups excluding tert-OH is 10. The molecule has 7 aromatic rings. The fourth-order valence-corrected chi connectivity index (χ4v) is 13.6. The van der Waals surface area contributed by atoms with Gasteiger partial charge in [0.1, 0.15) is 48.7 Å². The van der Waals surface area contributed by atoms with Crippen molar-refractivity contribution in [2.75, 3.05) is 46.2 Å². The average molecular weight is 1570 g/mol. The van der Waals surface area contributed by atoms with Gasteiger partial charge in [-0.15, -0.1) is 0 Å². The van der Waals surface area contributed by atoms with Crippen molar-refractivity contribution in [3.8, 4) is 17.2 Å². The third-order valence-electron chi connectivity index (χ3n) is 19.2. The largest absolute Gasteiger partial charge is 0.507 e. The van der Waals surface area contributed by atoms with E-state index in [1.165, 1.54) is 101 Å². The summed E-state index contributed by atoms with van der Waals surface area (Å²) in [6, 6.07) is 63.8. The Labute approximate surface area is 683 Å². The van der Waals surface area contributed by atoms with Crippen LogP contribution in [0.15, 0.2) is 206 Å². The summed E-state index contributed by atoms with van der Waals surface area (Å²) in [5.41, 5.74) is 4.57. The number of ether oxygens (including phenoxy) is 3. The summed E-state index contributed by atoms with van der Waals surface area (Å²) in [5.74, 6) is 6.41. The minimum atomic E-state index is -0.632. The molecule has 6 atom stereocenters. The third kappa shape index (κ3) is 50.3. The van der Waals surface area contributed by atoms with E-state index in [1.807, 2.05) is 182 Å². The van der Waals surface area contributed by atoms with E-state index in [4.69, 9.17) is 45.2 Å². The normalized spacial score (nSPS) is 18.4. The zero-order valence-corrected chi connectivity index (χ0v) is 61.3. The molecule has 0 amide bonds. The molecule has 112 heavy (non-hydrogen) atoms. The lowest BCUT2D eigenvalue weighted by Crippen LogP contribution is -2.27. The molecule has 0 aliphatic heterocycles. The lowest BCUT2D eigenvalue weighted by atomic mass is 9.72. The van der Waals surface area contributed by atoms with Crippen LogP contribution in [-0.4, -0.2) is 133 Å². The van der Waals surface area contributed by atoms with Crippen LogP contribution in [0.25, 0.3) is 0 Å². The van der Waals surface area contributed by atoms with Gasteiger partial charge in [0.25, 0.3) is 0 Å². The third-order valence-corrected chi connectivity index (χ3v) is 19.2. The van der Waals surface area contributed by atoms with Crippen molar-refractivity contribution in [1.82, 2.24) is 0 Å². The maximum absolute atomic E-state index is 11.1. The van der Waals surface area contributed by atoms with Gasteiger partial charge in [-0.2, -0.15) is 0 Å². The summed E-state index contributed by atoms with van der Waals surface area (Å²) in [5, 5.41) is 98.3. The summed E-state index contributed by atoms with van der Waals surface area (Å²) < 4.78 is 14.9. The number of phenolic OH excluding ortho intramolecular Hbond substituents is 1. The second-order valence-corrected chi connectivity index (χ2v) is 28.1. The highest BCUT2D eigenvalue weighted by molar-refractivity contribution is 5.92. The van der Waals surface area contributed by atoms with E-state index in [0.717, 1.165) is 103 Å². The molecule has 11 N–H and O–H groups in total. The number of hydrogen-bond acceptors (Lipinski definition) is 15. The van der Waals surface area contributed by atoms with Gasteiger partial charge in [-0.05, 0) is 190 Å². The number of carbonyl (C=O) groups is 1. The average Bonchev–Trinajstić information content (AvgIpc) is 1.60. The molecule has 0 saturated heterocycles. The van der Waals surface area contributed by atoms with Crippen LogP contribution in [0.5, 0.6) is 17.2 Å². The van der Waals surface area contributed by atoms with E-state index in [0.29, 0.717) is 31.2 Å². The topological polar surface area (TPSA) is 267 Å². The molecule has 6 aliphatic carbocycles. The molecule has 0 heterocycles. The molecule has 15 nitrogen and oxygen atoms in total. The van der Waals surface area contributed by atoms with Crippen LogP contribution in [0.3, 0.4) is 0 Å². The molecule has 6 saturated carbocycles. The van der Waals surface area contributed by atoms with E-state index in [1.54, 1.807) is 19.1 Å². The number of benzene rings is 7. The van der Waals surface area contributed by atoms with Gasteiger partial charge >= 0.3 is 5.97 Å². The first-order chi connectivity index (χ1) is 49.4. The monoisotopic (exact) mass is 1570 g/mol. The summed E-state index contributed by atoms with van der Waals surface area (Å²) in [7, 11) is 0. The van der Waals surface area contributed by atoms with Crippen molar-refractivity contribution in [2.45, 2.75) is 268 Å². The molecule has 2 bridgehead atoms. The number of hydrogen-bond donors (Lipinski definition) is 11. The number of aromatic hydroxyl groups is 1. The SMILES string of the molecule is C.C.C.C.C.C.C.C.C.C.CC(C)(C)C1CCC(O)CC1.CC(O)COc1ccccc1.O=C(OCCO)c1ccccc1O.OC(c1ccccc1)c1ccccc1.OC1CCCCC1.OC1CCCCC1.OCC1CC2CC1C1CCCC21.OCCOc1ccccc1.OCCc1ccccc1.OCc1ccccc1. The molecule has 0 aromatic heterocycles. The second-order valence-electron chi connectivity index (χ2n) is 28.1. The minimum absolute atomic E-state index is 0. The summed E-state index contributed by atoms with van der Waals surface area (Å²) in [6.07, 6.45) is 23.4. The van der Waals surface area contributed by atoms with Crippen LogP contribution < -0.4 is 9.47 Å². The Kier molecular flexibility index (Phi) is 75.8. The predicted octanol–water partition coefficient (Wildman–Crippen LogP) is 21.8. The molecule has 7 aromatic carbocycles. The zero-order chi connectivity index (χ0) is 74.0. The van der Waals surface area contributed by atoms with Crippen molar-refractivity contribution >= 4 is 5.97 Å². The van der Waals surface area contributed by atoms with Gasteiger partial charge in [0.15, 0.2) is 0 Å². The second kappa shape index (κ2) is 71.8. The van der Waals surface area contributed by atoms with Crippen LogP contribution >= 0.6 is 0 Å². The van der Waals surface area contributed by atoms with Crippen LogP contribution in [0.2, 0.25) is 0 Å². The maximum Gasteiger partial charge on any atom is 0.341 e. The molecule has 15 heteroatoms. The van der Waals surface area contributed by atoms with E-state index < -0.39 is 18.2 Å². The van der Waals surface area contributed by atoms with Crippen molar-refractivity contribution < 1.29 is 75.2 Å². The van der Waals surface area contributed by atoms with Crippen LogP contribution in [0, 0.1) is 40.9 Å². The molecular weight excluding hydrogens is 1410 g/mol. The van der Waals surface area contributed by atoms with Crippen LogP contribution in [-0.2, 0) is 17.8 Å². The number of para-hydroxylation sites is 3. The van der Waals surface area contributed by atoms with E-state index >= 15 is 0 Å². The number of phenols is 1. The van der Waals surface area contributed by atoms with Gasteiger partial charge in [0.2, 0.25) is 0 Å². The number of rotatable bonds is 15. The Bertz CT molecular complexity index is 3030. The molecule has 642 valence electrons. The van der Waals surface area contributed by atoms with Crippen LogP contribution in [0.4, 0.5) is 0 Å².